The highest BCUT2D eigenvalue weighted by Crippen LogP contribution is 2.38. The summed E-state index contributed by atoms with van der Waals surface area (Å²) in [4.78, 5) is 0. The first-order chi connectivity index (χ1) is 9.52. The number of nitrogens with one attached hydrogen (secondary N) is 1. The number of rotatable bonds is 4. The molecule has 0 bridgehead atoms. The van der Waals surface area contributed by atoms with Crippen LogP contribution < -0.4 is 5.32 Å². The van der Waals surface area contributed by atoms with Gasteiger partial charge in [0.1, 0.15) is 0 Å². The van der Waals surface area contributed by atoms with Gasteiger partial charge in [-0.25, -0.2) is 0 Å². The van der Waals surface area contributed by atoms with E-state index in [4.69, 9.17) is 11.6 Å². The summed E-state index contributed by atoms with van der Waals surface area (Å²) in [6.45, 7) is 9.91. The van der Waals surface area contributed by atoms with Crippen molar-refractivity contribution in [3.63, 3.8) is 0 Å². The Labute approximate surface area is 129 Å². The van der Waals surface area contributed by atoms with Crippen LogP contribution in [0.3, 0.4) is 0 Å². The smallest absolute Gasteiger partial charge is 0.0438 e. The molecule has 0 heterocycles. The Hall–Kier alpha value is -0.530. The van der Waals surface area contributed by atoms with Crippen molar-refractivity contribution in [2.45, 2.75) is 59.4 Å². The van der Waals surface area contributed by atoms with E-state index >= 15 is 0 Å². The third-order valence-electron chi connectivity index (χ3n) is 4.84. The van der Waals surface area contributed by atoms with Gasteiger partial charge in [-0.05, 0) is 67.8 Å². The monoisotopic (exact) mass is 293 g/mol. The highest BCUT2D eigenvalue weighted by molar-refractivity contribution is 6.31. The molecular formula is C18H28ClN. The zero-order valence-electron chi connectivity index (χ0n) is 13.3. The van der Waals surface area contributed by atoms with Crippen molar-refractivity contribution in [2.24, 2.45) is 11.8 Å². The van der Waals surface area contributed by atoms with Crippen LogP contribution in [0.2, 0.25) is 5.02 Å². The number of hydrogen-bond acceptors (Lipinski definition) is 1. The molecule has 20 heavy (non-hydrogen) atoms. The number of benzene rings is 1. The quantitative estimate of drug-likeness (QED) is 0.780. The van der Waals surface area contributed by atoms with E-state index in [0.717, 1.165) is 23.4 Å². The normalized spacial score (nSPS) is 24.6. The van der Waals surface area contributed by atoms with Crippen molar-refractivity contribution in [3.8, 4) is 0 Å². The molecule has 0 amide bonds. The summed E-state index contributed by atoms with van der Waals surface area (Å²) in [6, 6.07) is 4.91. The van der Waals surface area contributed by atoms with Crippen LogP contribution in [0.25, 0.3) is 0 Å². The fraction of sp³-hybridized carbons (Fsp3) is 0.667. The van der Waals surface area contributed by atoms with Crippen LogP contribution in [0.15, 0.2) is 12.1 Å². The molecule has 0 saturated heterocycles. The van der Waals surface area contributed by atoms with Gasteiger partial charge in [-0.3, -0.25) is 0 Å². The van der Waals surface area contributed by atoms with E-state index in [1.807, 2.05) is 0 Å². The van der Waals surface area contributed by atoms with Gasteiger partial charge in [-0.1, -0.05) is 44.4 Å². The molecule has 112 valence electrons. The molecule has 1 aliphatic carbocycles. The molecule has 1 aromatic carbocycles. The molecule has 1 saturated carbocycles. The summed E-state index contributed by atoms with van der Waals surface area (Å²) >= 11 is 6.25. The second-order valence-electron chi connectivity index (χ2n) is 6.51. The van der Waals surface area contributed by atoms with Crippen LogP contribution in [0.1, 0.15) is 62.3 Å². The van der Waals surface area contributed by atoms with E-state index in [1.54, 1.807) is 0 Å². The zero-order valence-corrected chi connectivity index (χ0v) is 14.1. The number of halogens is 1. The first-order valence-electron chi connectivity index (χ1n) is 8.03. The third-order valence-corrected chi connectivity index (χ3v) is 5.25. The molecule has 1 aliphatic rings. The van der Waals surface area contributed by atoms with Crippen molar-refractivity contribution in [3.05, 3.63) is 33.8 Å². The van der Waals surface area contributed by atoms with Crippen molar-refractivity contribution in [2.75, 3.05) is 6.54 Å². The van der Waals surface area contributed by atoms with E-state index in [2.05, 4.69) is 45.1 Å². The lowest BCUT2D eigenvalue weighted by molar-refractivity contribution is 0.232. The third kappa shape index (κ3) is 3.56. The Morgan fingerprint density at radius 3 is 2.40 bits per heavy atom. The predicted octanol–water partition coefficient (Wildman–Crippen LogP) is 5.43. The molecule has 1 fully saturated rings. The Morgan fingerprint density at radius 2 is 1.80 bits per heavy atom. The van der Waals surface area contributed by atoms with Gasteiger partial charge in [0.15, 0.2) is 0 Å². The summed E-state index contributed by atoms with van der Waals surface area (Å²) in [5.74, 6) is 1.67. The van der Waals surface area contributed by atoms with Crippen LogP contribution in [-0.2, 0) is 0 Å². The van der Waals surface area contributed by atoms with Crippen molar-refractivity contribution in [1.82, 2.24) is 5.32 Å². The lowest BCUT2D eigenvalue weighted by Crippen LogP contribution is -2.31. The Kier molecular flexibility index (Phi) is 5.51. The fourth-order valence-corrected chi connectivity index (χ4v) is 3.73. The Bertz CT molecular complexity index is 447. The molecule has 0 aliphatic heterocycles. The van der Waals surface area contributed by atoms with Gasteiger partial charge in [0.25, 0.3) is 0 Å². The maximum atomic E-state index is 6.25. The standard InChI is InChI=1S/C18H28ClN/c1-5-20-18(15-8-6-12(2)7-9-15)16-10-14(4)17(19)11-13(16)3/h10-12,15,18,20H,5-9H2,1-4H3. The molecule has 0 aromatic heterocycles. The fourth-order valence-electron chi connectivity index (χ4n) is 3.51. The SMILES string of the molecule is CCNC(c1cc(C)c(Cl)cc1C)C1CCC(C)CC1. The largest absolute Gasteiger partial charge is 0.310 e. The van der Waals surface area contributed by atoms with Gasteiger partial charge >= 0.3 is 0 Å². The average Bonchev–Trinajstić information content (AvgIpc) is 2.42. The molecule has 1 atom stereocenters. The van der Waals surface area contributed by atoms with Crippen molar-refractivity contribution >= 4 is 11.6 Å². The molecule has 1 unspecified atom stereocenters. The lowest BCUT2D eigenvalue weighted by atomic mass is 9.76. The molecule has 0 spiro atoms. The Balaban J connectivity index is 2.26. The Morgan fingerprint density at radius 1 is 1.15 bits per heavy atom. The van der Waals surface area contributed by atoms with Crippen LogP contribution in [-0.4, -0.2) is 6.54 Å². The summed E-state index contributed by atoms with van der Waals surface area (Å²) < 4.78 is 0. The van der Waals surface area contributed by atoms with E-state index in [-0.39, 0.29) is 0 Å². The van der Waals surface area contributed by atoms with Crippen molar-refractivity contribution < 1.29 is 0 Å². The summed E-state index contributed by atoms with van der Waals surface area (Å²) in [5.41, 5.74) is 3.97. The number of hydrogen-bond donors (Lipinski definition) is 1. The van der Waals surface area contributed by atoms with Crippen LogP contribution in [0.5, 0.6) is 0 Å². The van der Waals surface area contributed by atoms with Crippen molar-refractivity contribution in [1.29, 1.82) is 0 Å². The minimum absolute atomic E-state index is 0.489. The van der Waals surface area contributed by atoms with E-state index < -0.39 is 0 Å². The van der Waals surface area contributed by atoms with E-state index in [9.17, 15) is 0 Å². The van der Waals surface area contributed by atoms with E-state index in [0.29, 0.717) is 6.04 Å². The van der Waals surface area contributed by atoms with Gasteiger partial charge in [0.05, 0.1) is 0 Å². The van der Waals surface area contributed by atoms with Crippen LogP contribution in [0, 0.1) is 25.7 Å². The maximum absolute atomic E-state index is 6.25. The summed E-state index contributed by atoms with van der Waals surface area (Å²) in [6.07, 6.45) is 5.44. The highest BCUT2D eigenvalue weighted by atomic mass is 35.5. The summed E-state index contributed by atoms with van der Waals surface area (Å²) in [5, 5.41) is 4.62. The molecular weight excluding hydrogens is 266 g/mol. The van der Waals surface area contributed by atoms with Gasteiger partial charge in [0, 0.05) is 11.1 Å². The molecule has 1 aromatic rings. The second kappa shape index (κ2) is 6.95. The average molecular weight is 294 g/mol. The molecule has 2 rings (SSSR count). The molecule has 0 radical (unpaired) electrons. The second-order valence-corrected chi connectivity index (χ2v) is 6.92. The van der Waals surface area contributed by atoms with E-state index in [1.165, 1.54) is 42.4 Å². The molecule has 1 nitrogen and oxygen atoms in total. The first-order valence-corrected chi connectivity index (χ1v) is 8.40. The minimum Gasteiger partial charge on any atom is -0.310 e. The zero-order chi connectivity index (χ0) is 14.7. The number of aryl methyl sites for hydroxylation is 2. The lowest BCUT2D eigenvalue weighted by Gasteiger charge is -2.34. The topological polar surface area (TPSA) is 12.0 Å². The van der Waals surface area contributed by atoms with Crippen LogP contribution >= 0.6 is 11.6 Å². The van der Waals surface area contributed by atoms with Gasteiger partial charge in [0.2, 0.25) is 0 Å². The van der Waals surface area contributed by atoms with Gasteiger partial charge in [-0.15, -0.1) is 0 Å². The molecule has 1 N–H and O–H groups in total. The minimum atomic E-state index is 0.489. The predicted molar refractivity (Wildman–Crippen MR) is 88.5 cm³/mol. The van der Waals surface area contributed by atoms with Gasteiger partial charge in [-0.2, -0.15) is 0 Å². The van der Waals surface area contributed by atoms with Gasteiger partial charge < -0.3 is 5.32 Å². The highest BCUT2D eigenvalue weighted by Gasteiger charge is 2.27. The first kappa shape index (κ1) is 15.9. The maximum Gasteiger partial charge on any atom is 0.0438 e. The molecule has 2 heteroatoms. The van der Waals surface area contributed by atoms with Crippen LogP contribution in [0.4, 0.5) is 0 Å². The summed E-state index contributed by atoms with van der Waals surface area (Å²) in [7, 11) is 0.